The maximum absolute atomic E-state index is 11.6. The number of benzene rings is 2. The average Bonchev–Trinajstić information content (AvgIpc) is 2.69. The number of hydrogen-bond acceptors (Lipinski definition) is 6. The zero-order chi connectivity index (χ0) is 24.3. The van der Waals surface area contributed by atoms with E-state index < -0.39 is 0 Å². The molecule has 0 aliphatic carbocycles. The molecular formula is C22H28Br2CdCl2N4O3. The van der Waals surface area contributed by atoms with Crippen molar-refractivity contribution in [2.24, 2.45) is 9.98 Å². The van der Waals surface area contributed by atoms with Crippen LogP contribution in [0.2, 0.25) is 10.0 Å². The summed E-state index contributed by atoms with van der Waals surface area (Å²) in [6.07, 6.45) is 3.14. The van der Waals surface area contributed by atoms with Crippen molar-refractivity contribution < 1.29 is 43.0 Å². The first kappa shape index (κ1) is 35.9. The molecule has 0 radical (unpaired) electrons. The van der Waals surface area contributed by atoms with Crippen LogP contribution in [0.15, 0.2) is 43.2 Å². The van der Waals surface area contributed by atoms with E-state index in [4.69, 9.17) is 23.2 Å². The molecule has 2 aromatic rings. The maximum atomic E-state index is 11.6. The second kappa shape index (κ2) is 18.9. The smallest absolute Gasteiger partial charge is 0.871 e. The quantitative estimate of drug-likeness (QED) is 0.305. The number of halogens is 4. The molecule has 7 nitrogen and oxygen atoms in total. The molecule has 0 fully saturated rings. The van der Waals surface area contributed by atoms with E-state index in [1.807, 2.05) is 38.0 Å². The van der Waals surface area contributed by atoms with Crippen LogP contribution in [0.1, 0.15) is 11.1 Å². The largest absolute Gasteiger partial charge is 2.00 e. The molecule has 0 saturated carbocycles. The van der Waals surface area contributed by atoms with Crippen LogP contribution in [-0.4, -0.2) is 82.1 Å². The Hall–Kier alpha value is -0.278. The third kappa shape index (κ3) is 14.3. The van der Waals surface area contributed by atoms with Crippen LogP contribution in [0.3, 0.4) is 0 Å². The van der Waals surface area contributed by atoms with Crippen molar-refractivity contribution in [3.8, 4) is 11.5 Å². The molecule has 0 amide bonds. The summed E-state index contributed by atoms with van der Waals surface area (Å²) in [6, 6.07) is 6.41. The van der Waals surface area contributed by atoms with Crippen molar-refractivity contribution in [1.82, 2.24) is 9.80 Å². The summed E-state index contributed by atoms with van der Waals surface area (Å²) in [7, 11) is 7.91. The Labute approximate surface area is 248 Å². The van der Waals surface area contributed by atoms with Gasteiger partial charge in [-0.15, -0.1) is 0 Å². The van der Waals surface area contributed by atoms with Gasteiger partial charge in [-0.2, -0.15) is 0 Å². The van der Waals surface area contributed by atoms with Gasteiger partial charge in [0.05, 0.1) is 13.1 Å². The van der Waals surface area contributed by atoms with Gasteiger partial charge in [-0.3, -0.25) is 9.98 Å². The van der Waals surface area contributed by atoms with Crippen LogP contribution in [-0.2, 0) is 27.3 Å². The Balaban J connectivity index is 0. The summed E-state index contributed by atoms with van der Waals surface area (Å²) in [5.41, 5.74) is 1.02. The summed E-state index contributed by atoms with van der Waals surface area (Å²) < 4.78 is 0.933. The van der Waals surface area contributed by atoms with Gasteiger partial charge in [0, 0.05) is 44.5 Å². The molecule has 0 aromatic heterocycles. The van der Waals surface area contributed by atoms with Crippen molar-refractivity contribution in [3.05, 3.63) is 54.4 Å². The molecule has 0 saturated heterocycles. The molecule has 184 valence electrons. The monoisotopic (exact) mass is 738 g/mol. The van der Waals surface area contributed by atoms with Gasteiger partial charge in [0.25, 0.3) is 0 Å². The normalized spacial score (nSPS) is 10.9. The van der Waals surface area contributed by atoms with E-state index in [-0.39, 0.29) is 44.3 Å². The van der Waals surface area contributed by atoms with Crippen LogP contribution in [0.5, 0.6) is 11.5 Å². The van der Waals surface area contributed by atoms with Crippen molar-refractivity contribution in [3.63, 3.8) is 0 Å². The molecule has 0 spiro atoms. The third-order valence-electron chi connectivity index (χ3n) is 3.89. The Bertz CT molecular complexity index is 873. The predicted molar refractivity (Wildman–Crippen MR) is 143 cm³/mol. The fraction of sp³-hybridized carbons (Fsp3) is 0.364. The van der Waals surface area contributed by atoms with Crippen LogP contribution < -0.4 is 10.2 Å². The minimum atomic E-state index is -0.0852. The molecule has 2 N–H and O–H groups in total. The molecule has 0 heterocycles. The van der Waals surface area contributed by atoms with Gasteiger partial charge in [-0.05, 0) is 63.6 Å². The predicted octanol–water partition coefficient (Wildman–Crippen LogP) is 3.49. The summed E-state index contributed by atoms with van der Waals surface area (Å²) in [4.78, 5) is 12.4. The first-order valence-corrected chi connectivity index (χ1v) is 12.0. The zero-order valence-electron chi connectivity index (χ0n) is 19.6. The Morgan fingerprint density at radius 1 is 0.765 bits per heavy atom. The molecule has 2 aromatic carbocycles. The van der Waals surface area contributed by atoms with Crippen LogP contribution >= 0.6 is 55.1 Å². The van der Waals surface area contributed by atoms with Crippen molar-refractivity contribution in [2.75, 3.05) is 54.4 Å². The fourth-order valence-corrected chi connectivity index (χ4v) is 3.86. The van der Waals surface area contributed by atoms with Gasteiger partial charge in [0.15, 0.2) is 0 Å². The van der Waals surface area contributed by atoms with Gasteiger partial charge < -0.3 is 25.5 Å². The maximum Gasteiger partial charge on any atom is 2.00 e. The average molecular weight is 740 g/mol. The van der Waals surface area contributed by atoms with Gasteiger partial charge in [-0.1, -0.05) is 66.6 Å². The van der Waals surface area contributed by atoms with Gasteiger partial charge >= 0.3 is 27.3 Å². The molecular weight excluding hydrogens is 711 g/mol. The number of nitrogens with zero attached hydrogens (tertiary/aromatic N) is 4. The van der Waals surface area contributed by atoms with E-state index in [1.54, 1.807) is 36.7 Å². The third-order valence-corrected chi connectivity index (χ3v) is 5.50. The molecule has 0 aliphatic rings. The molecule has 0 atom stereocenters. The zero-order valence-corrected chi connectivity index (χ0v) is 28.3. The molecule has 2 rings (SSSR count). The number of likely N-dealkylation sites (N-methyl/N-ethyl adjacent to an activating group) is 2. The van der Waals surface area contributed by atoms with E-state index in [1.165, 1.54) is 0 Å². The summed E-state index contributed by atoms with van der Waals surface area (Å²) in [5.74, 6) is -0.170. The van der Waals surface area contributed by atoms with Crippen LogP contribution in [0.4, 0.5) is 0 Å². The van der Waals surface area contributed by atoms with Gasteiger partial charge in [0.1, 0.15) is 0 Å². The van der Waals surface area contributed by atoms with Crippen LogP contribution in [0.25, 0.3) is 0 Å². The minimum absolute atomic E-state index is 0. The minimum Gasteiger partial charge on any atom is -0.871 e. The molecule has 12 heteroatoms. The van der Waals surface area contributed by atoms with E-state index in [2.05, 4.69) is 41.8 Å². The topological polar surface area (TPSA) is 109 Å². The van der Waals surface area contributed by atoms with E-state index >= 15 is 0 Å². The van der Waals surface area contributed by atoms with Crippen molar-refractivity contribution in [2.45, 2.75) is 0 Å². The molecule has 34 heavy (non-hydrogen) atoms. The Kier molecular flexibility index (Phi) is 20.0. The Morgan fingerprint density at radius 2 is 1.09 bits per heavy atom. The first-order chi connectivity index (χ1) is 15.0. The number of rotatable bonds is 8. The van der Waals surface area contributed by atoms with Crippen molar-refractivity contribution in [1.29, 1.82) is 0 Å². The summed E-state index contributed by atoms with van der Waals surface area (Å²) in [6.45, 7) is 3.03. The molecule has 0 unspecified atom stereocenters. The second-order valence-corrected chi connectivity index (χ2v) is 9.87. The van der Waals surface area contributed by atoms with E-state index in [9.17, 15) is 10.2 Å². The molecule has 0 aliphatic heterocycles. The van der Waals surface area contributed by atoms with Crippen LogP contribution in [0, 0.1) is 0 Å². The number of aliphatic imine (C=N–C) groups is 2. The van der Waals surface area contributed by atoms with Gasteiger partial charge in [-0.25, -0.2) is 0 Å². The molecule has 0 bridgehead atoms. The first-order valence-electron chi connectivity index (χ1n) is 9.62. The number of hydrogen-bond donors (Lipinski definition) is 0. The van der Waals surface area contributed by atoms with E-state index in [0.717, 1.165) is 13.1 Å². The Morgan fingerprint density at radius 3 is 1.38 bits per heavy atom. The van der Waals surface area contributed by atoms with E-state index in [0.29, 0.717) is 43.2 Å². The van der Waals surface area contributed by atoms with Crippen molar-refractivity contribution >= 4 is 67.5 Å². The second-order valence-electron chi connectivity index (χ2n) is 7.29. The SMILES string of the molecule is CN(C)CCN=Cc1cc(Cl)cc(Br)c1[O-].CN(C)CCN=Cc1cc(Cl)cc(Br)c1[O-].O.[Cd+2]. The fourth-order valence-electron chi connectivity index (χ4n) is 2.19. The summed E-state index contributed by atoms with van der Waals surface area (Å²) in [5, 5.41) is 24.3. The van der Waals surface area contributed by atoms with Gasteiger partial charge in [0.2, 0.25) is 0 Å². The summed E-state index contributed by atoms with van der Waals surface area (Å²) >= 11 is 18.0. The standard InChI is InChI=1S/2C11H14BrClN2O.Cd.H2O/c2*1-15(2)4-3-14-7-8-5-9(13)6-10(12)11(8)16;;/h2*5-7,16H,3-4H2,1-2H3;;1H2/q;;+2;/p-2.